The SMILES string of the molecule is CCC(=O)N1[C@H]2CC[C@H]3[C@@H]1CC[C@@H]2N3C/C=C/c1ccccc1. The van der Waals surface area contributed by atoms with Crippen LogP contribution in [0.25, 0.3) is 6.08 Å². The van der Waals surface area contributed by atoms with Crippen LogP contribution in [0, 0.1) is 0 Å². The first kappa shape index (κ1) is 14.9. The molecule has 5 saturated heterocycles. The summed E-state index contributed by atoms with van der Waals surface area (Å²) in [5.74, 6) is 0.369. The van der Waals surface area contributed by atoms with Gasteiger partial charge in [-0.25, -0.2) is 0 Å². The topological polar surface area (TPSA) is 23.6 Å². The predicted molar refractivity (Wildman–Crippen MR) is 92.9 cm³/mol. The van der Waals surface area contributed by atoms with Crippen LogP contribution < -0.4 is 0 Å². The number of rotatable bonds is 4. The molecule has 1 aromatic rings. The number of fused-ring (bicyclic) bond motifs is 2. The third kappa shape index (κ3) is 2.51. The van der Waals surface area contributed by atoms with Gasteiger partial charge in [0.05, 0.1) is 0 Å². The molecular formula is C20H26N2O. The average molecular weight is 310 g/mol. The van der Waals surface area contributed by atoms with Crippen LogP contribution in [0.15, 0.2) is 36.4 Å². The highest BCUT2D eigenvalue weighted by Gasteiger charge is 2.55. The van der Waals surface area contributed by atoms with Gasteiger partial charge < -0.3 is 4.90 Å². The van der Waals surface area contributed by atoms with Gasteiger partial charge in [-0.1, -0.05) is 49.4 Å². The minimum absolute atomic E-state index is 0.369. The second-order valence-electron chi connectivity index (χ2n) is 7.09. The molecule has 6 rings (SSSR count). The van der Waals surface area contributed by atoms with Gasteiger partial charge in [-0.3, -0.25) is 9.69 Å². The van der Waals surface area contributed by atoms with Crippen LogP contribution in [0.1, 0.15) is 44.6 Å². The molecule has 23 heavy (non-hydrogen) atoms. The van der Waals surface area contributed by atoms with E-state index in [9.17, 15) is 4.79 Å². The molecule has 0 aliphatic carbocycles. The van der Waals surface area contributed by atoms with Crippen LogP contribution in [0.3, 0.4) is 0 Å². The van der Waals surface area contributed by atoms with Gasteiger partial charge in [0.1, 0.15) is 0 Å². The first-order chi connectivity index (χ1) is 11.3. The third-order valence-electron chi connectivity index (χ3n) is 5.99. The number of hydrogen-bond acceptors (Lipinski definition) is 2. The van der Waals surface area contributed by atoms with Crippen molar-refractivity contribution < 1.29 is 4.79 Å². The van der Waals surface area contributed by atoms with Crippen molar-refractivity contribution in [1.82, 2.24) is 9.80 Å². The van der Waals surface area contributed by atoms with Crippen LogP contribution in [-0.2, 0) is 4.79 Å². The van der Waals surface area contributed by atoms with E-state index in [4.69, 9.17) is 0 Å². The zero-order valence-corrected chi connectivity index (χ0v) is 13.9. The second kappa shape index (κ2) is 6.12. The Kier molecular flexibility index (Phi) is 3.98. The van der Waals surface area contributed by atoms with Crippen LogP contribution in [0.5, 0.6) is 0 Å². The Labute approximate surface area is 139 Å². The van der Waals surface area contributed by atoms with E-state index in [0.29, 0.717) is 36.5 Å². The van der Waals surface area contributed by atoms with Gasteiger partial charge in [0.15, 0.2) is 0 Å². The molecule has 5 aliphatic rings. The highest BCUT2D eigenvalue weighted by Crippen LogP contribution is 2.45. The minimum Gasteiger partial charge on any atom is -0.334 e. The first-order valence-corrected chi connectivity index (χ1v) is 9.08. The highest BCUT2D eigenvalue weighted by atomic mass is 16.2. The van der Waals surface area contributed by atoms with E-state index in [2.05, 4.69) is 52.3 Å². The largest absolute Gasteiger partial charge is 0.334 e. The molecule has 0 aromatic heterocycles. The van der Waals surface area contributed by atoms with Crippen molar-refractivity contribution >= 4 is 12.0 Å². The lowest BCUT2D eigenvalue weighted by atomic mass is 9.71. The molecule has 1 aromatic carbocycles. The van der Waals surface area contributed by atoms with E-state index in [0.717, 1.165) is 6.54 Å². The van der Waals surface area contributed by atoms with Gasteiger partial charge in [-0.2, -0.15) is 0 Å². The Bertz CT molecular complexity index is 577. The second-order valence-corrected chi connectivity index (χ2v) is 7.09. The summed E-state index contributed by atoms with van der Waals surface area (Å²) in [6, 6.07) is 12.6. The zero-order valence-electron chi connectivity index (χ0n) is 13.9. The van der Waals surface area contributed by atoms with Gasteiger partial charge in [0.25, 0.3) is 0 Å². The van der Waals surface area contributed by atoms with Crippen molar-refractivity contribution in [1.29, 1.82) is 0 Å². The molecule has 0 saturated carbocycles. The van der Waals surface area contributed by atoms with Crippen LogP contribution in [0.2, 0.25) is 0 Å². The van der Waals surface area contributed by atoms with Crippen LogP contribution in [0.4, 0.5) is 0 Å². The fourth-order valence-corrected chi connectivity index (χ4v) is 5.07. The first-order valence-electron chi connectivity index (χ1n) is 9.08. The summed E-state index contributed by atoms with van der Waals surface area (Å²) in [6.07, 6.45) is 10.1. The molecule has 1 amide bonds. The van der Waals surface area contributed by atoms with Gasteiger partial charge in [-0.15, -0.1) is 0 Å². The standard InChI is InChI=1S/C20H26N2O/c1-2-20(23)22-18-12-10-16-19(22)13-11-17(18)21(16)14-6-9-15-7-4-3-5-8-15/h3-9,16-19H,2,10-14H2,1H3/b9-6+/t16-,17-,18-,19-/m0/s1. The summed E-state index contributed by atoms with van der Waals surface area (Å²) >= 11 is 0. The van der Waals surface area contributed by atoms with Crippen molar-refractivity contribution in [3.63, 3.8) is 0 Å². The van der Waals surface area contributed by atoms with E-state index in [-0.39, 0.29) is 0 Å². The van der Waals surface area contributed by atoms with Gasteiger partial charge >= 0.3 is 0 Å². The number of piperidine rings is 4. The van der Waals surface area contributed by atoms with E-state index in [1.807, 2.05) is 6.92 Å². The molecule has 3 heteroatoms. The Morgan fingerprint density at radius 3 is 2.26 bits per heavy atom. The van der Waals surface area contributed by atoms with Gasteiger partial charge in [-0.05, 0) is 31.2 Å². The summed E-state index contributed by atoms with van der Waals surface area (Å²) < 4.78 is 0. The van der Waals surface area contributed by atoms with Crippen molar-refractivity contribution in [2.45, 2.75) is 63.2 Å². The van der Waals surface area contributed by atoms with E-state index in [1.165, 1.54) is 31.2 Å². The summed E-state index contributed by atoms with van der Waals surface area (Å²) in [6.45, 7) is 3.02. The number of piperazine rings is 1. The number of carbonyl (C=O) groups is 1. The molecule has 5 heterocycles. The molecule has 3 nitrogen and oxygen atoms in total. The molecule has 5 fully saturated rings. The summed E-state index contributed by atoms with van der Waals surface area (Å²) in [7, 11) is 0. The summed E-state index contributed by atoms with van der Waals surface area (Å²) in [4.78, 5) is 17.3. The number of hydrogen-bond donors (Lipinski definition) is 0. The maximum Gasteiger partial charge on any atom is 0.222 e. The number of benzene rings is 1. The number of amides is 1. The molecule has 0 radical (unpaired) electrons. The van der Waals surface area contributed by atoms with Crippen molar-refractivity contribution in [3.8, 4) is 0 Å². The third-order valence-corrected chi connectivity index (χ3v) is 5.99. The monoisotopic (exact) mass is 310 g/mol. The maximum atomic E-state index is 12.3. The Hall–Kier alpha value is -1.61. The summed E-state index contributed by atoms with van der Waals surface area (Å²) in [5.41, 5.74) is 1.27. The Morgan fingerprint density at radius 1 is 1.04 bits per heavy atom. The Morgan fingerprint density at radius 2 is 1.65 bits per heavy atom. The lowest BCUT2D eigenvalue weighted by molar-refractivity contribution is -0.169. The fourth-order valence-electron chi connectivity index (χ4n) is 5.07. The molecule has 0 unspecified atom stereocenters. The van der Waals surface area contributed by atoms with Gasteiger partial charge in [0, 0.05) is 37.1 Å². The Balaban J connectivity index is 1.48. The summed E-state index contributed by atoms with van der Waals surface area (Å²) in [5, 5.41) is 0. The fraction of sp³-hybridized carbons (Fsp3) is 0.550. The molecule has 122 valence electrons. The van der Waals surface area contributed by atoms with Crippen molar-refractivity contribution in [2.24, 2.45) is 0 Å². The zero-order chi connectivity index (χ0) is 15.8. The van der Waals surface area contributed by atoms with Gasteiger partial charge in [0.2, 0.25) is 5.91 Å². The quantitative estimate of drug-likeness (QED) is 0.852. The molecule has 0 spiro atoms. The lowest BCUT2D eigenvalue weighted by Crippen LogP contribution is -2.76. The van der Waals surface area contributed by atoms with Crippen LogP contribution >= 0.6 is 0 Å². The predicted octanol–water partition coefficient (Wildman–Crippen LogP) is 3.32. The van der Waals surface area contributed by atoms with Crippen molar-refractivity contribution in [2.75, 3.05) is 6.54 Å². The van der Waals surface area contributed by atoms with E-state index < -0.39 is 0 Å². The molecular weight excluding hydrogens is 284 g/mol. The lowest BCUT2D eigenvalue weighted by Gasteiger charge is -2.64. The number of carbonyl (C=O) groups excluding carboxylic acids is 1. The molecule has 5 aliphatic heterocycles. The van der Waals surface area contributed by atoms with Crippen molar-refractivity contribution in [3.05, 3.63) is 42.0 Å². The molecule has 0 N–H and O–H groups in total. The van der Waals surface area contributed by atoms with Crippen LogP contribution in [-0.4, -0.2) is 46.4 Å². The maximum absolute atomic E-state index is 12.3. The normalized spacial score (nSPS) is 32.8. The van der Waals surface area contributed by atoms with E-state index in [1.54, 1.807) is 0 Å². The minimum atomic E-state index is 0.369. The van der Waals surface area contributed by atoms with E-state index >= 15 is 0 Å². The average Bonchev–Trinajstić information content (AvgIpc) is 2.61. The molecule has 4 bridgehead atoms. The number of nitrogens with zero attached hydrogens (tertiary/aromatic N) is 2. The smallest absolute Gasteiger partial charge is 0.222 e. The molecule has 4 atom stereocenters. The highest BCUT2D eigenvalue weighted by molar-refractivity contribution is 5.77.